The fraction of sp³-hybridized carbons (Fsp3) is 0.500. The molecule has 2 N–H and O–H groups in total. The molecule has 2 aromatic rings. The van der Waals surface area contributed by atoms with Gasteiger partial charge < -0.3 is 19.8 Å². The standard InChI is InChI=1S/C20H25N3O4/c1-20(2)14-12-15(21)17-13(16(14)19(25)27-20)4-7-23(18(17)24)6-3-5-22-8-10-26-11-9-22/h4,7,12H,3,5-6,8-11,21H2,1-2H3. The Kier molecular flexibility index (Phi) is 4.44. The highest BCUT2D eigenvalue weighted by Gasteiger charge is 2.39. The van der Waals surface area contributed by atoms with Crippen molar-refractivity contribution in [2.24, 2.45) is 0 Å². The summed E-state index contributed by atoms with van der Waals surface area (Å²) in [5, 5.41) is 0.979. The van der Waals surface area contributed by atoms with Crippen LogP contribution in [0.2, 0.25) is 0 Å². The molecular weight excluding hydrogens is 346 g/mol. The topological polar surface area (TPSA) is 86.8 Å². The molecule has 0 bridgehead atoms. The maximum atomic E-state index is 13.0. The summed E-state index contributed by atoms with van der Waals surface area (Å²) in [5.41, 5.74) is 6.90. The van der Waals surface area contributed by atoms with E-state index in [4.69, 9.17) is 15.2 Å². The van der Waals surface area contributed by atoms with Gasteiger partial charge in [-0.1, -0.05) is 0 Å². The van der Waals surface area contributed by atoms with E-state index in [0.717, 1.165) is 44.8 Å². The summed E-state index contributed by atoms with van der Waals surface area (Å²) in [6.45, 7) is 8.59. The van der Waals surface area contributed by atoms with Gasteiger partial charge in [-0.15, -0.1) is 0 Å². The molecule has 27 heavy (non-hydrogen) atoms. The van der Waals surface area contributed by atoms with Crippen molar-refractivity contribution < 1.29 is 14.3 Å². The van der Waals surface area contributed by atoms with Crippen LogP contribution in [0.15, 0.2) is 23.1 Å². The van der Waals surface area contributed by atoms with Crippen LogP contribution in [-0.2, 0) is 21.6 Å². The normalized spacial score (nSPS) is 19.3. The zero-order valence-corrected chi connectivity index (χ0v) is 15.8. The van der Waals surface area contributed by atoms with E-state index in [1.165, 1.54) is 0 Å². The first-order chi connectivity index (χ1) is 12.9. The molecule has 0 spiro atoms. The van der Waals surface area contributed by atoms with Gasteiger partial charge in [0.1, 0.15) is 5.60 Å². The summed E-state index contributed by atoms with van der Waals surface area (Å²) in [6.07, 6.45) is 2.62. The Morgan fingerprint density at radius 1 is 1.19 bits per heavy atom. The number of aromatic nitrogens is 1. The summed E-state index contributed by atoms with van der Waals surface area (Å²) < 4.78 is 12.5. The number of fused-ring (bicyclic) bond motifs is 3. The Bertz CT molecular complexity index is 958. The van der Waals surface area contributed by atoms with Gasteiger partial charge in [-0.05, 0) is 32.4 Å². The number of ether oxygens (including phenoxy) is 2. The van der Waals surface area contributed by atoms with Crippen LogP contribution in [0.4, 0.5) is 5.69 Å². The fourth-order valence-electron chi connectivity index (χ4n) is 4.00. The molecule has 1 saturated heterocycles. The Labute approximate surface area is 157 Å². The number of rotatable bonds is 4. The highest BCUT2D eigenvalue weighted by atomic mass is 16.6. The van der Waals surface area contributed by atoms with Crippen molar-refractivity contribution in [2.75, 3.05) is 38.6 Å². The van der Waals surface area contributed by atoms with Gasteiger partial charge in [-0.3, -0.25) is 9.69 Å². The molecule has 0 unspecified atom stereocenters. The first-order valence-corrected chi connectivity index (χ1v) is 9.38. The number of pyridine rings is 1. The summed E-state index contributed by atoms with van der Waals surface area (Å²) >= 11 is 0. The number of anilines is 1. The summed E-state index contributed by atoms with van der Waals surface area (Å²) in [7, 11) is 0. The minimum absolute atomic E-state index is 0.160. The molecule has 1 aromatic carbocycles. The number of aryl methyl sites for hydroxylation is 1. The molecule has 2 aliphatic rings. The quantitative estimate of drug-likeness (QED) is 0.650. The van der Waals surface area contributed by atoms with Crippen LogP contribution < -0.4 is 11.3 Å². The van der Waals surface area contributed by atoms with E-state index < -0.39 is 11.6 Å². The average Bonchev–Trinajstić information content (AvgIpc) is 2.86. The predicted molar refractivity (Wildman–Crippen MR) is 103 cm³/mol. The molecule has 0 saturated carbocycles. The zero-order valence-electron chi connectivity index (χ0n) is 15.8. The van der Waals surface area contributed by atoms with Crippen LogP contribution in [0.1, 0.15) is 36.2 Å². The lowest BCUT2D eigenvalue weighted by Gasteiger charge is -2.26. The third-order valence-electron chi connectivity index (χ3n) is 5.47. The van der Waals surface area contributed by atoms with Crippen LogP contribution in [0.25, 0.3) is 10.8 Å². The van der Waals surface area contributed by atoms with E-state index in [1.54, 1.807) is 16.8 Å². The van der Waals surface area contributed by atoms with E-state index in [2.05, 4.69) is 4.90 Å². The SMILES string of the molecule is CC1(C)OC(=O)c2c1cc(N)c1c(=O)n(CCCN3CCOCC3)ccc21. The van der Waals surface area contributed by atoms with Gasteiger partial charge >= 0.3 is 5.97 Å². The molecule has 1 fully saturated rings. The predicted octanol–water partition coefficient (Wildman–Crippen LogP) is 1.71. The van der Waals surface area contributed by atoms with E-state index in [9.17, 15) is 9.59 Å². The smallest absolute Gasteiger partial charge is 0.340 e. The zero-order chi connectivity index (χ0) is 19.2. The summed E-state index contributed by atoms with van der Waals surface area (Å²) in [6, 6.07) is 3.52. The highest BCUT2D eigenvalue weighted by molar-refractivity contribution is 6.11. The van der Waals surface area contributed by atoms with Crippen molar-refractivity contribution in [2.45, 2.75) is 32.4 Å². The summed E-state index contributed by atoms with van der Waals surface area (Å²) in [5.74, 6) is -0.399. The number of cyclic esters (lactones) is 1. The molecule has 0 radical (unpaired) electrons. The minimum atomic E-state index is -0.734. The van der Waals surface area contributed by atoms with Gasteiger partial charge in [0.05, 0.1) is 24.2 Å². The largest absolute Gasteiger partial charge is 0.451 e. The van der Waals surface area contributed by atoms with Crippen LogP contribution in [0.5, 0.6) is 0 Å². The lowest BCUT2D eigenvalue weighted by atomic mass is 9.91. The van der Waals surface area contributed by atoms with Gasteiger partial charge in [0.25, 0.3) is 5.56 Å². The van der Waals surface area contributed by atoms with Crippen LogP contribution in [-0.4, -0.2) is 48.3 Å². The number of esters is 1. The molecule has 1 aromatic heterocycles. The van der Waals surface area contributed by atoms with E-state index >= 15 is 0 Å². The van der Waals surface area contributed by atoms with Crippen molar-refractivity contribution in [3.05, 3.63) is 39.8 Å². The first kappa shape index (κ1) is 18.0. The van der Waals surface area contributed by atoms with E-state index in [0.29, 0.717) is 28.6 Å². The van der Waals surface area contributed by atoms with Crippen molar-refractivity contribution >= 4 is 22.4 Å². The molecule has 7 heteroatoms. The number of hydrogen-bond acceptors (Lipinski definition) is 6. The van der Waals surface area contributed by atoms with Crippen molar-refractivity contribution in [3.8, 4) is 0 Å². The van der Waals surface area contributed by atoms with Gasteiger partial charge in [-0.25, -0.2) is 4.79 Å². The molecule has 2 aliphatic heterocycles. The Morgan fingerprint density at radius 3 is 2.67 bits per heavy atom. The molecule has 3 heterocycles. The fourth-order valence-corrected chi connectivity index (χ4v) is 4.00. The number of nitrogens with two attached hydrogens (primary N) is 1. The molecule has 7 nitrogen and oxygen atoms in total. The lowest BCUT2D eigenvalue weighted by molar-refractivity contribution is 0.00962. The second-order valence-electron chi connectivity index (χ2n) is 7.70. The number of carbonyl (C=O) groups is 1. The Morgan fingerprint density at radius 2 is 1.93 bits per heavy atom. The van der Waals surface area contributed by atoms with Crippen molar-refractivity contribution in [3.63, 3.8) is 0 Å². The monoisotopic (exact) mass is 371 g/mol. The van der Waals surface area contributed by atoms with Gasteiger partial charge in [-0.2, -0.15) is 0 Å². The van der Waals surface area contributed by atoms with Crippen molar-refractivity contribution in [1.82, 2.24) is 9.47 Å². The molecule has 144 valence electrons. The molecule has 0 amide bonds. The van der Waals surface area contributed by atoms with Gasteiger partial charge in [0, 0.05) is 49.0 Å². The van der Waals surface area contributed by atoms with Crippen LogP contribution >= 0.6 is 0 Å². The molecule has 0 atom stereocenters. The highest BCUT2D eigenvalue weighted by Crippen LogP contribution is 2.40. The molecule has 4 rings (SSSR count). The second-order valence-corrected chi connectivity index (χ2v) is 7.70. The number of carbonyl (C=O) groups excluding carboxylic acids is 1. The summed E-state index contributed by atoms with van der Waals surface area (Å²) in [4.78, 5) is 27.7. The van der Waals surface area contributed by atoms with Crippen molar-refractivity contribution in [1.29, 1.82) is 0 Å². The Balaban J connectivity index is 1.65. The van der Waals surface area contributed by atoms with E-state index in [-0.39, 0.29) is 5.56 Å². The molecule has 0 aliphatic carbocycles. The Hall–Kier alpha value is -2.38. The third-order valence-corrected chi connectivity index (χ3v) is 5.47. The molecular formula is C20H25N3O4. The first-order valence-electron chi connectivity index (χ1n) is 9.38. The minimum Gasteiger partial charge on any atom is -0.451 e. The maximum absolute atomic E-state index is 13.0. The number of morpholine rings is 1. The average molecular weight is 371 g/mol. The number of nitrogens with zero attached hydrogens (tertiary/aromatic N) is 2. The van der Waals surface area contributed by atoms with E-state index in [1.807, 2.05) is 19.9 Å². The number of hydrogen-bond donors (Lipinski definition) is 1. The van der Waals surface area contributed by atoms with Crippen LogP contribution in [0.3, 0.4) is 0 Å². The number of nitrogen functional groups attached to an aromatic ring is 1. The van der Waals surface area contributed by atoms with Gasteiger partial charge in [0.15, 0.2) is 0 Å². The van der Waals surface area contributed by atoms with Gasteiger partial charge in [0.2, 0.25) is 0 Å². The lowest BCUT2D eigenvalue weighted by Crippen LogP contribution is -2.37. The van der Waals surface area contributed by atoms with Crippen LogP contribution in [0, 0.1) is 0 Å². The third kappa shape index (κ3) is 3.11. The number of benzene rings is 1. The second kappa shape index (κ2) is 6.65. The maximum Gasteiger partial charge on any atom is 0.340 e.